The van der Waals surface area contributed by atoms with Crippen molar-refractivity contribution in [2.75, 3.05) is 0 Å². The van der Waals surface area contributed by atoms with E-state index in [1.54, 1.807) is 17.8 Å². The maximum atomic E-state index is 12.4. The first-order valence-electron chi connectivity index (χ1n) is 8.32. The van der Waals surface area contributed by atoms with Crippen molar-refractivity contribution in [1.82, 2.24) is 14.9 Å². The van der Waals surface area contributed by atoms with E-state index in [0.29, 0.717) is 18.7 Å². The molecule has 0 saturated heterocycles. The maximum Gasteiger partial charge on any atom is 0.272 e. The molecule has 6 nitrogen and oxygen atoms in total. The predicted molar refractivity (Wildman–Crippen MR) is 95.4 cm³/mol. The lowest BCUT2D eigenvalue weighted by Gasteiger charge is -2.14. The van der Waals surface area contributed by atoms with Crippen LogP contribution in [0.1, 0.15) is 24.8 Å². The van der Waals surface area contributed by atoms with E-state index in [-0.39, 0.29) is 23.9 Å². The highest BCUT2D eigenvalue weighted by atomic mass is 16.3. The molecule has 1 amide bonds. The van der Waals surface area contributed by atoms with Gasteiger partial charge in [0.1, 0.15) is 11.5 Å². The molecule has 0 aliphatic carbocycles. The van der Waals surface area contributed by atoms with E-state index in [0.717, 1.165) is 16.8 Å². The number of fused-ring (bicyclic) bond motifs is 1. The van der Waals surface area contributed by atoms with E-state index < -0.39 is 0 Å². The van der Waals surface area contributed by atoms with E-state index >= 15 is 0 Å². The van der Waals surface area contributed by atoms with Crippen molar-refractivity contribution in [2.45, 2.75) is 39.3 Å². The zero-order chi connectivity index (χ0) is 17.8. The largest absolute Gasteiger partial charge is 0.469 e. The Morgan fingerprint density at radius 2 is 2.08 bits per heavy atom. The van der Waals surface area contributed by atoms with Crippen LogP contribution < -0.4 is 10.9 Å². The molecule has 3 rings (SSSR count). The number of furan rings is 1. The normalized spacial score (nSPS) is 12.2. The zero-order valence-electron chi connectivity index (χ0n) is 14.4. The molecule has 0 bridgehead atoms. The number of rotatable bonds is 6. The molecular formula is C19H21N3O3. The average molecular weight is 339 g/mol. The van der Waals surface area contributed by atoms with Gasteiger partial charge in [-0.2, -0.15) is 0 Å². The maximum absolute atomic E-state index is 12.4. The number of para-hydroxylation sites is 2. The number of aryl methyl sites for hydroxylation is 2. The van der Waals surface area contributed by atoms with Gasteiger partial charge in [0.2, 0.25) is 5.91 Å². The molecule has 2 heterocycles. The molecule has 0 aliphatic heterocycles. The lowest BCUT2D eigenvalue weighted by atomic mass is 10.2. The molecule has 0 saturated carbocycles. The fourth-order valence-corrected chi connectivity index (χ4v) is 2.88. The fourth-order valence-electron chi connectivity index (χ4n) is 2.88. The van der Waals surface area contributed by atoms with Crippen molar-refractivity contribution in [3.8, 4) is 0 Å². The summed E-state index contributed by atoms with van der Waals surface area (Å²) >= 11 is 0. The number of nitrogens with zero attached hydrogens (tertiary/aromatic N) is 2. The smallest absolute Gasteiger partial charge is 0.272 e. The SMILES string of the molecule is Cc1nc2ccccc2n(CCC(=O)N[C@@H](C)Cc2ccco2)c1=O. The first-order valence-corrected chi connectivity index (χ1v) is 8.32. The molecule has 25 heavy (non-hydrogen) atoms. The third-order valence-electron chi connectivity index (χ3n) is 4.07. The van der Waals surface area contributed by atoms with Crippen LogP contribution in [0, 0.1) is 6.92 Å². The summed E-state index contributed by atoms with van der Waals surface area (Å²) in [6.45, 7) is 3.94. The molecule has 1 N–H and O–H groups in total. The summed E-state index contributed by atoms with van der Waals surface area (Å²) in [5.41, 5.74) is 1.78. The summed E-state index contributed by atoms with van der Waals surface area (Å²) in [4.78, 5) is 28.9. The number of benzene rings is 1. The third kappa shape index (κ3) is 3.96. The van der Waals surface area contributed by atoms with Crippen molar-refractivity contribution < 1.29 is 9.21 Å². The number of carbonyl (C=O) groups is 1. The number of hydrogen-bond acceptors (Lipinski definition) is 4. The predicted octanol–water partition coefficient (Wildman–Crippen LogP) is 2.44. The minimum Gasteiger partial charge on any atom is -0.469 e. The van der Waals surface area contributed by atoms with Crippen LogP contribution in [0.3, 0.4) is 0 Å². The summed E-state index contributed by atoms with van der Waals surface area (Å²) in [6, 6.07) is 11.1. The van der Waals surface area contributed by atoms with Crippen LogP contribution in [-0.4, -0.2) is 21.5 Å². The van der Waals surface area contributed by atoms with Crippen LogP contribution in [0.15, 0.2) is 51.9 Å². The lowest BCUT2D eigenvalue weighted by Crippen LogP contribution is -2.35. The summed E-state index contributed by atoms with van der Waals surface area (Å²) in [5.74, 6) is 0.740. The van der Waals surface area contributed by atoms with E-state index in [9.17, 15) is 9.59 Å². The lowest BCUT2D eigenvalue weighted by molar-refractivity contribution is -0.121. The first kappa shape index (κ1) is 17.0. The highest BCUT2D eigenvalue weighted by molar-refractivity contribution is 5.77. The Balaban J connectivity index is 1.67. The van der Waals surface area contributed by atoms with Crippen LogP contribution in [0.2, 0.25) is 0 Å². The van der Waals surface area contributed by atoms with E-state index in [4.69, 9.17) is 4.42 Å². The second-order valence-corrected chi connectivity index (χ2v) is 6.14. The summed E-state index contributed by atoms with van der Waals surface area (Å²) < 4.78 is 6.91. The Bertz CT molecular complexity index is 929. The van der Waals surface area contributed by atoms with Gasteiger partial charge in [-0.15, -0.1) is 0 Å². The van der Waals surface area contributed by atoms with Gasteiger partial charge >= 0.3 is 0 Å². The molecule has 130 valence electrons. The van der Waals surface area contributed by atoms with Gasteiger partial charge < -0.3 is 14.3 Å². The second-order valence-electron chi connectivity index (χ2n) is 6.14. The molecule has 1 atom stereocenters. The summed E-state index contributed by atoms with van der Waals surface area (Å²) in [6.07, 6.45) is 2.49. The Morgan fingerprint density at radius 3 is 2.84 bits per heavy atom. The Hall–Kier alpha value is -2.89. The van der Waals surface area contributed by atoms with Crippen LogP contribution >= 0.6 is 0 Å². The minimum atomic E-state index is -0.157. The van der Waals surface area contributed by atoms with Gasteiger partial charge in [0, 0.05) is 25.4 Å². The van der Waals surface area contributed by atoms with E-state index in [1.165, 1.54) is 0 Å². The molecule has 0 radical (unpaired) electrons. The Labute approximate surface area is 145 Å². The van der Waals surface area contributed by atoms with E-state index in [2.05, 4.69) is 10.3 Å². The van der Waals surface area contributed by atoms with Gasteiger partial charge in [0.05, 0.1) is 17.3 Å². The molecule has 3 aromatic rings. The topological polar surface area (TPSA) is 77.1 Å². The molecular weight excluding hydrogens is 318 g/mol. The average Bonchev–Trinajstić information content (AvgIpc) is 3.08. The van der Waals surface area contributed by atoms with Crippen LogP contribution in [0.5, 0.6) is 0 Å². The number of nitrogens with one attached hydrogen (secondary N) is 1. The molecule has 0 spiro atoms. The second kappa shape index (κ2) is 7.34. The zero-order valence-corrected chi connectivity index (χ0v) is 14.4. The van der Waals surface area contributed by atoms with Crippen molar-refractivity contribution in [3.05, 3.63) is 64.5 Å². The fraction of sp³-hybridized carbons (Fsp3) is 0.316. The van der Waals surface area contributed by atoms with Gasteiger partial charge in [0.15, 0.2) is 0 Å². The van der Waals surface area contributed by atoms with Crippen molar-refractivity contribution in [1.29, 1.82) is 0 Å². The van der Waals surface area contributed by atoms with E-state index in [1.807, 2.05) is 43.3 Å². The van der Waals surface area contributed by atoms with Crippen LogP contribution in [-0.2, 0) is 17.8 Å². The van der Waals surface area contributed by atoms with Gasteiger partial charge in [-0.3, -0.25) is 9.59 Å². The van der Waals surface area contributed by atoms with Crippen molar-refractivity contribution in [3.63, 3.8) is 0 Å². The molecule has 2 aromatic heterocycles. The van der Waals surface area contributed by atoms with Crippen molar-refractivity contribution >= 4 is 16.9 Å². The molecule has 1 aromatic carbocycles. The molecule has 0 unspecified atom stereocenters. The molecule has 0 fully saturated rings. The molecule has 0 aliphatic rings. The number of amides is 1. The van der Waals surface area contributed by atoms with Gasteiger partial charge in [-0.25, -0.2) is 4.98 Å². The molecule has 6 heteroatoms. The van der Waals surface area contributed by atoms with Crippen molar-refractivity contribution in [2.24, 2.45) is 0 Å². The van der Waals surface area contributed by atoms with Crippen LogP contribution in [0.4, 0.5) is 0 Å². The van der Waals surface area contributed by atoms with Crippen LogP contribution in [0.25, 0.3) is 11.0 Å². The quantitative estimate of drug-likeness (QED) is 0.748. The van der Waals surface area contributed by atoms with Gasteiger partial charge in [-0.05, 0) is 38.1 Å². The van der Waals surface area contributed by atoms with Gasteiger partial charge in [0.25, 0.3) is 5.56 Å². The summed E-state index contributed by atoms with van der Waals surface area (Å²) in [7, 11) is 0. The Morgan fingerprint density at radius 1 is 1.28 bits per heavy atom. The standard InChI is InChI=1S/C19H21N3O3/c1-13(12-15-6-5-11-25-15)20-18(23)9-10-22-17-8-4-3-7-16(17)21-14(2)19(22)24/h3-8,11,13H,9-10,12H2,1-2H3,(H,20,23)/t13-/m0/s1. The Kier molecular flexibility index (Phi) is 4.97. The number of carbonyl (C=O) groups excluding carboxylic acids is 1. The minimum absolute atomic E-state index is 0.0358. The third-order valence-corrected chi connectivity index (χ3v) is 4.07. The number of hydrogen-bond donors (Lipinski definition) is 1. The number of aromatic nitrogens is 2. The van der Waals surface area contributed by atoms with Gasteiger partial charge in [-0.1, -0.05) is 12.1 Å². The highest BCUT2D eigenvalue weighted by Gasteiger charge is 2.12. The highest BCUT2D eigenvalue weighted by Crippen LogP contribution is 2.10. The monoisotopic (exact) mass is 339 g/mol. The summed E-state index contributed by atoms with van der Waals surface area (Å²) in [5, 5.41) is 2.94. The first-order chi connectivity index (χ1) is 12.0.